The van der Waals surface area contributed by atoms with Crippen molar-refractivity contribution in [2.45, 2.75) is 64.5 Å². The van der Waals surface area contributed by atoms with E-state index in [0.717, 1.165) is 38.4 Å². The molecule has 1 aliphatic heterocycles. The van der Waals surface area contributed by atoms with E-state index in [4.69, 9.17) is 0 Å². The van der Waals surface area contributed by atoms with Gasteiger partial charge >= 0.3 is 0 Å². The summed E-state index contributed by atoms with van der Waals surface area (Å²) in [5.41, 5.74) is 0.00783. The van der Waals surface area contributed by atoms with E-state index in [9.17, 15) is 5.11 Å². The predicted octanol–water partition coefficient (Wildman–Crippen LogP) is 2.25. The van der Waals surface area contributed by atoms with Gasteiger partial charge in [0.15, 0.2) is 0 Å². The fourth-order valence-electron chi connectivity index (χ4n) is 4.12. The van der Waals surface area contributed by atoms with Crippen LogP contribution in [0.5, 0.6) is 0 Å². The van der Waals surface area contributed by atoms with Gasteiger partial charge in [0.25, 0.3) is 0 Å². The van der Waals surface area contributed by atoms with Crippen molar-refractivity contribution in [1.82, 2.24) is 10.2 Å². The number of aliphatic hydroxyl groups is 1. The quantitative estimate of drug-likeness (QED) is 0.824. The molecule has 0 aromatic heterocycles. The molecule has 0 amide bonds. The van der Waals surface area contributed by atoms with Crippen LogP contribution in [0.25, 0.3) is 0 Å². The van der Waals surface area contributed by atoms with Crippen molar-refractivity contribution in [3.05, 3.63) is 0 Å². The molecular weight excluding hydrogens is 236 g/mol. The van der Waals surface area contributed by atoms with Crippen LogP contribution in [0.15, 0.2) is 0 Å². The number of likely N-dealkylation sites (tertiary alicyclic amines) is 1. The first-order valence-electron chi connectivity index (χ1n) is 7.93. The molecule has 0 aromatic carbocycles. The van der Waals surface area contributed by atoms with Gasteiger partial charge in [-0.05, 0) is 64.0 Å². The lowest BCUT2D eigenvalue weighted by Crippen LogP contribution is -2.51. The molecule has 112 valence electrons. The smallest absolute Gasteiger partial charge is 0.0746 e. The Kier molecular flexibility index (Phi) is 4.59. The topological polar surface area (TPSA) is 35.5 Å². The Hall–Kier alpha value is -0.120. The molecule has 1 aliphatic carbocycles. The molecule has 3 nitrogen and oxygen atoms in total. The normalized spacial score (nSPS) is 40.3. The van der Waals surface area contributed by atoms with Gasteiger partial charge in [-0.2, -0.15) is 0 Å². The molecule has 0 radical (unpaired) electrons. The average Bonchev–Trinajstić information content (AvgIpc) is 2.26. The van der Waals surface area contributed by atoms with Crippen LogP contribution < -0.4 is 5.32 Å². The second-order valence-corrected chi connectivity index (χ2v) is 7.90. The van der Waals surface area contributed by atoms with Gasteiger partial charge in [-0.15, -0.1) is 0 Å². The van der Waals surface area contributed by atoms with Gasteiger partial charge in [-0.25, -0.2) is 0 Å². The van der Waals surface area contributed by atoms with Crippen molar-refractivity contribution >= 4 is 0 Å². The average molecular weight is 268 g/mol. The lowest BCUT2D eigenvalue weighted by atomic mass is 9.69. The van der Waals surface area contributed by atoms with Gasteiger partial charge in [0.2, 0.25) is 0 Å². The summed E-state index contributed by atoms with van der Waals surface area (Å²) in [7, 11) is 2.10. The molecular formula is C16H32N2O. The zero-order valence-electron chi connectivity index (χ0n) is 13.2. The third-order valence-corrected chi connectivity index (χ3v) is 5.13. The van der Waals surface area contributed by atoms with Crippen LogP contribution >= 0.6 is 0 Å². The number of hydrogen-bond acceptors (Lipinski definition) is 3. The monoisotopic (exact) mass is 268 g/mol. The standard InChI is InChI=1S/C16H32N2O/c1-15(2)8-6-14(17-4)13(10-15)11-18-9-5-7-16(3,19)12-18/h13-14,17,19H,5-12H2,1-4H3. The summed E-state index contributed by atoms with van der Waals surface area (Å²) in [5.74, 6) is 0.725. The third-order valence-electron chi connectivity index (χ3n) is 5.13. The first-order valence-corrected chi connectivity index (χ1v) is 7.93. The molecule has 1 saturated heterocycles. The maximum Gasteiger partial charge on any atom is 0.0746 e. The number of nitrogens with one attached hydrogen (secondary N) is 1. The number of piperidine rings is 1. The minimum atomic E-state index is -0.475. The van der Waals surface area contributed by atoms with E-state index >= 15 is 0 Å². The summed E-state index contributed by atoms with van der Waals surface area (Å²) in [6.45, 7) is 9.94. The Balaban J connectivity index is 1.95. The van der Waals surface area contributed by atoms with Gasteiger partial charge in [-0.1, -0.05) is 13.8 Å². The predicted molar refractivity (Wildman–Crippen MR) is 80.3 cm³/mol. The van der Waals surface area contributed by atoms with Gasteiger partial charge in [0.05, 0.1) is 5.60 Å². The summed E-state index contributed by atoms with van der Waals surface area (Å²) < 4.78 is 0. The zero-order valence-corrected chi connectivity index (χ0v) is 13.2. The Labute approximate surface area is 118 Å². The van der Waals surface area contributed by atoms with Crippen molar-refractivity contribution in [2.24, 2.45) is 11.3 Å². The van der Waals surface area contributed by atoms with Crippen LogP contribution in [0.4, 0.5) is 0 Å². The fraction of sp³-hybridized carbons (Fsp3) is 1.00. The summed E-state index contributed by atoms with van der Waals surface area (Å²) in [5, 5.41) is 13.8. The highest BCUT2D eigenvalue weighted by atomic mass is 16.3. The van der Waals surface area contributed by atoms with Crippen molar-refractivity contribution in [3.63, 3.8) is 0 Å². The molecule has 2 fully saturated rings. The third kappa shape index (κ3) is 4.17. The first-order chi connectivity index (χ1) is 8.81. The summed E-state index contributed by atoms with van der Waals surface area (Å²) in [6.07, 6.45) is 6.00. The fourth-order valence-corrected chi connectivity index (χ4v) is 4.12. The molecule has 0 spiro atoms. The molecule has 1 saturated carbocycles. The van der Waals surface area contributed by atoms with Crippen molar-refractivity contribution < 1.29 is 5.11 Å². The Morgan fingerprint density at radius 3 is 2.63 bits per heavy atom. The van der Waals surface area contributed by atoms with E-state index < -0.39 is 5.60 Å². The molecule has 3 unspecified atom stereocenters. The molecule has 3 atom stereocenters. The second kappa shape index (κ2) is 5.71. The number of hydrogen-bond donors (Lipinski definition) is 2. The number of β-amino-alcohol motifs (C(OH)–C–C–N with tert-alkyl or cyclic N) is 1. The summed E-state index contributed by atoms with van der Waals surface area (Å²) in [4.78, 5) is 2.49. The largest absolute Gasteiger partial charge is 0.389 e. The Bertz CT molecular complexity index is 301. The number of nitrogens with zero attached hydrogens (tertiary/aromatic N) is 1. The van der Waals surface area contributed by atoms with Crippen LogP contribution in [-0.2, 0) is 0 Å². The molecule has 2 N–H and O–H groups in total. The Morgan fingerprint density at radius 2 is 2.00 bits per heavy atom. The molecule has 3 heteroatoms. The van der Waals surface area contributed by atoms with E-state index in [2.05, 4.69) is 31.1 Å². The van der Waals surface area contributed by atoms with E-state index in [-0.39, 0.29) is 0 Å². The van der Waals surface area contributed by atoms with Gasteiger partial charge in [0.1, 0.15) is 0 Å². The highest BCUT2D eigenvalue weighted by molar-refractivity contribution is 4.91. The van der Waals surface area contributed by atoms with Gasteiger partial charge in [0, 0.05) is 19.1 Å². The molecule has 2 rings (SSSR count). The second-order valence-electron chi connectivity index (χ2n) is 7.90. The van der Waals surface area contributed by atoms with E-state index in [1.807, 2.05) is 6.92 Å². The minimum absolute atomic E-state index is 0.475. The maximum absolute atomic E-state index is 10.2. The van der Waals surface area contributed by atoms with Crippen LogP contribution in [0.2, 0.25) is 0 Å². The molecule has 19 heavy (non-hydrogen) atoms. The van der Waals surface area contributed by atoms with Crippen LogP contribution in [-0.4, -0.2) is 48.3 Å². The van der Waals surface area contributed by atoms with E-state index in [0.29, 0.717) is 11.5 Å². The minimum Gasteiger partial charge on any atom is -0.389 e. The summed E-state index contributed by atoms with van der Waals surface area (Å²) in [6, 6.07) is 0.653. The molecule has 0 bridgehead atoms. The van der Waals surface area contributed by atoms with Gasteiger partial charge in [-0.3, -0.25) is 0 Å². The van der Waals surface area contributed by atoms with Crippen molar-refractivity contribution in [1.29, 1.82) is 0 Å². The number of rotatable bonds is 3. The van der Waals surface area contributed by atoms with Crippen LogP contribution in [0, 0.1) is 11.3 Å². The molecule has 1 heterocycles. The van der Waals surface area contributed by atoms with Crippen LogP contribution in [0.3, 0.4) is 0 Å². The van der Waals surface area contributed by atoms with E-state index in [1.165, 1.54) is 19.3 Å². The Morgan fingerprint density at radius 1 is 1.26 bits per heavy atom. The highest BCUT2D eigenvalue weighted by Gasteiger charge is 2.36. The lowest BCUT2D eigenvalue weighted by molar-refractivity contribution is -0.0265. The van der Waals surface area contributed by atoms with Crippen molar-refractivity contribution in [3.8, 4) is 0 Å². The van der Waals surface area contributed by atoms with E-state index in [1.54, 1.807) is 0 Å². The lowest BCUT2D eigenvalue weighted by Gasteiger charge is -2.45. The first kappa shape index (κ1) is 15.3. The molecule has 0 aromatic rings. The molecule has 2 aliphatic rings. The highest BCUT2D eigenvalue weighted by Crippen LogP contribution is 2.39. The van der Waals surface area contributed by atoms with Gasteiger partial charge < -0.3 is 15.3 Å². The zero-order chi connectivity index (χ0) is 14.1. The SMILES string of the molecule is CNC1CCC(C)(C)CC1CN1CCCC(C)(O)C1. The summed E-state index contributed by atoms with van der Waals surface area (Å²) >= 11 is 0. The maximum atomic E-state index is 10.2. The van der Waals surface area contributed by atoms with Crippen molar-refractivity contribution in [2.75, 3.05) is 26.7 Å². The van der Waals surface area contributed by atoms with Crippen LogP contribution in [0.1, 0.15) is 52.9 Å².